The van der Waals surface area contributed by atoms with Crippen molar-refractivity contribution in [2.24, 2.45) is 16.6 Å². The number of nitrogens with one attached hydrogen (secondary N) is 1. The number of amides is 1. The summed E-state index contributed by atoms with van der Waals surface area (Å²) in [5, 5.41) is 3.24. The molecule has 2 aliphatic rings. The summed E-state index contributed by atoms with van der Waals surface area (Å²) in [6.45, 7) is 4.53. The van der Waals surface area contributed by atoms with Gasteiger partial charge in [-0.2, -0.15) is 0 Å². The highest BCUT2D eigenvalue weighted by Gasteiger charge is 2.24. The number of nitrogens with two attached hydrogens (primary N) is 1. The number of carbonyl (C=O) groups is 1. The first-order valence-electron chi connectivity index (χ1n) is 7.17. The van der Waals surface area contributed by atoms with Crippen LogP contribution in [0.2, 0.25) is 0 Å². The van der Waals surface area contributed by atoms with E-state index >= 15 is 0 Å². The summed E-state index contributed by atoms with van der Waals surface area (Å²) in [7, 11) is 0. The van der Waals surface area contributed by atoms with E-state index in [9.17, 15) is 4.79 Å². The molecule has 2 fully saturated rings. The number of piperidine rings is 1. The van der Waals surface area contributed by atoms with Crippen LogP contribution in [0.3, 0.4) is 0 Å². The summed E-state index contributed by atoms with van der Waals surface area (Å²) >= 11 is 0. The highest BCUT2D eigenvalue weighted by molar-refractivity contribution is 5.78. The van der Waals surface area contributed by atoms with Crippen molar-refractivity contribution in [2.75, 3.05) is 26.2 Å². The molecule has 0 aromatic heterocycles. The smallest absolute Gasteiger partial charge is 0.409 e. The van der Waals surface area contributed by atoms with Crippen LogP contribution in [0, 0.1) is 5.92 Å². The molecule has 1 aliphatic carbocycles. The largest absolute Gasteiger partial charge is 0.450 e. The topological polar surface area (TPSA) is 80.0 Å². The summed E-state index contributed by atoms with van der Waals surface area (Å²) in [6, 6.07) is 0.314. The molecule has 0 aromatic rings. The Bertz CT molecular complexity index is 334. The van der Waals surface area contributed by atoms with E-state index in [1.807, 2.05) is 6.92 Å². The van der Waals surface area contributed by atoms with Crippen molar-refractivity contribution in [2.45, 2.75) is 38.6 Å². The fourth-order valence-corrected chi connectivity index (χ4v) is 2.20. The second-order valence-electron chi connectivity index (χ2n) is 5.27. The van der Waals surface area contributed by atoms with Crippen molar-refractivity contribution in [3.8, 4) is 0 Å². The fourth-order valence-electron chi connectivity index (χ4n) is 2.20. The van der Waals surface area contributed by atoms with Gasteiger partial charge in [0.1, 0.15) is 0 Å². The Hall–Kier alpha value is -1.46. The zero-order chi connectivity index (χ0) is 13.7. The average Bonchev–Trinajstić information content (AvgIpc) is 3.21. The lowest BCUT2D eigenvalue weighted by atomic mass is 10.1. The van der Waals surface area contributed by atoms with Gasteiger partial charge in [0.25, 0.3) is 0 Å². The van der Waals surface area contributed by atoms with E-state index in [2.05, 4.69) is 10.3 Å². The Balaban J connectivity index is 1.67. The Labute approximate surface area is 114 Å². The van der Waals surface area contributed by atoms with Crippen molar-refractivity contribution < 1.29 is 9.53 Å². The van der Waals surface area contributed by atoms with Crippen LogP contribution in [-0.4, -0.2) is 49.2 Å². The molecule has 1 aliphatic heterocycles. The zero-order valence-electron chi connectivity index (χ0n) is 11.6. The van der Waals surface area contributed by atoms with Crippen molar-refractivity contribution in [3.05, 3.63) is 0 Å². The fraction of sp³-hybridized carbons (Fsp3) is 0.846. The maximum atomic E-state index is 11.5. The number of likely N-dealkylation sites (tertiary alicyclic amines) is 1. The first-order valence-corrected chi connectivity index (χ1v) is 7.17. The van der Waals surface area contributed by atoms with Gasteiger partial charge >= 0.3 is 6.09 Å². The maximum Gasteiger partial charge on any atom is 0.409 e. The molecule has 1 heterocycles. The van der Waals surface area contributed by atoms with Crippen LogP contribution < -0.4 is 11.1 Å². The molecular weight excluding hydrogens is 244 g/mol. The molecule has 6 nitrogen and oxygen atoms in total. The van der Waals surface area contributed by atoms with E-state index in [1.54, 1.807) is 4.90 Å². The Morgan fingerprint density at radius 2 is 2.05 bits per heavy atom. The van der Waals surface area contributed by atoms with Crippen LogP contribution in [0.5, 0.6) is 0 Å². The summed E-state index contributed by atoms with van der Waals surface area (Å²) in [5.74, 6) is 1.30. The van der Waals surface area contributed by atoms with Gasteiger partial charge in [-0.25, -0.2) is 4.79 Å². The third-order valence-electron chi connectivity index (χ3n) is 3.59. The molecular formula is C13H24N4O2. The number of hydrogen-bond donors (Lipinski definition) is 2. The van der Waals surface area contributed by atoms with Gasteiger partial charge in [0.05, 0.1) is 6.61 Å². The van der Waals surface area contributed by atoms with Gasteiger partial charge in [-0.05, 0) is 38.5 Å². The van der Waals surface area contributed by atoms with Crippen LogP contribution >= 0.6 is 0 Å². The molecule has 1 saturated heterocycles. The Morgan fingerprint density at radius 3 is 2.63 bits per heavy atom. The van der Waals surface area contributed by atoms with Gasteiger partial charge in [0, 0.05) is 25.7 Å². The monoisotopic (exact) mass is 268 g/mol. The number of rotatable bonds is 4. The van der Waals surface area contributed by atoms with E-state index in [0.717, 1.165) is 25.3 Å². The highest BCUT2D eigenvalue weighted by atomic mass is 16.6. The second-order valence-corrected chi connectivity index (χ2v) is 5.27. The number of ether oxygens (including phenoxy) is 1. The van der Waals surface area contributed by atoms with E-state index in [4.69, 9.17) is 10.5 Å². The molecule has 0 bridgehead atoms. The van der Waals surface area contributed by atoms with Crippen molar-refractivity contribution in [1.82, 2.24) is 10.2 Å². The number of aliphatic imine (C=N–C) groups is 1. The molecule has 108 valence electrons. The molecule has 0 spiro atoms. The molecule has 19 heavy (non-hydrogen) atoms. The highest BCUT2D eigenvalue weighted by Crippen LogP contribution is 2.28. The number of hydrogen-bond acceptors (Lipinski definition) is 3. The summed E-state index contributed by atoms with van der Waals surface area (Å²) in [5.41, 5.74) is 5.86. The minimum atomic E-state index is -0.212. The van der Waals surface area contributed by atoms with Gasteiger partial charge in [-0.3, -0.25) is 4.99 Å². The van der Waals surface area contributed by atoms with Gasteiger partial charge in [-0.1, -0.05) is 0 Å². The molecule has 2 rings (SSSR count). The van der Waals surface area contributed by atoms with Gasteiger partial charge in [0.2, 0.25) is 0 Å². The minimum absolute atomic E-state index is 0.212. The summed E-state index contributed by atoms with van der Waals surface area (Å²) in [4.78, 5) is 17.6. The van der Waals surface area contributed by atoms with E-state index < -0.39 is 0 Å². The molecule has 6 heteroatoms. The predicted octanol–water partition coefficient (Wildman–Crippen LogP) is 0.922. The minimum Gasteiger partial charge on any atom is -0.450 e. The Kier molecular flexibility index (Phi) is 4.87. The second kappa shape index (κ2) is 6.63. The van der Waals surface area contributed by atoms with Crippen LogP contribution in [-0.2, 0) is 4.74 Å². The Morgan fingerprint density at radius 1 is 1.37 bits per heavy atom. The summed E-state index contributed by atoms with van der Waals surface area (Å²) < 4.78 is 4.99. The van der Waals surface area contributed by atoms with Crippen molar-refractivity contribution in [3.63, 3.8) is 0 Å². The quantitative estimate of drug-likeness (QED) is 0.587. The molecule has 0 unspecified atom stereocenters. The van der Waals surface area contributed by atoms with Gasteiger partial charge in [0.15, 0.2) is 5.96 Å². The first kappa shape index (κ1) is 14.0. The average molecular weight is 268 g/mol. The lowest BCUT2D eigenvalue weighted by Gasteiger charge is -2.31. The number of nitrogens with zero attached hydrogens (tertiary/aromatic N) is 2. The van der Waals surface area contributed by atoms with Crippen LogP contribution in [0.15, 0.2) is 4.99 Å². The SMILES string of the molecule is CCOC(=O)N1CCC(NC(N)=NCC2CC2)CC1. The van der Waals surface area contributed by atoms with Crippen molar-refractivity contribution >= 4 is 12.1 Å². The molecule has 0 aromatic carbocycles. The first-order chi connectivity index (χ1) is 9.19. The normalized spacial score (nSPS) is 21.3. The lowest BCUT2D eigenvalue weighted by Crippen LogP contribution is -2.48. The molecule has 0 atom stereocenters. The van der Waals surface area contributed by atoms with Crippen LogP contribution in [0.4, 0.5) is 4.79 Å². The number of carbonyl (C=O) groups excluding carboxylic acids is 1. The third kappa shape index (κ3) is 4.61. The zero-order valence-corrected chi connectivity index (χ0v) is 11.6. The lowest BCUT2D eigenvalue weighted by molar-refractivity contribution is 0.0963. The molecule has 1 saturated carbocycles. The molecule has 1 amide bonds. The van der Waals surface area contributed by atoms with Gasteiger partial charge in [-0.15, -0.1) is 0 Å². The molecule has 3 N–H and O–H groups in total. The predicted molar refractivity (Wildman–Crippen MR) is 74.0 cm³/mol. The van der Waals surface area contributed by atoms with Crippen LogP contribution in [0.25, 0.3) is 0 Å². The van der Waals surface area contributed by atoms with Crippen LogP contribution in [0.1, 0.15) is 32.6 Å². The van der Waals surface area contributed by atoms with Crippen molar-refractivity contribution in [1.29, 1.82) is 0 Å². The summed E-state index contributed by atoms with van der Waals surface area (Å²) in [6.07, 6.45) is 4.14. The van der Waals surface area contributed by atoms with Gasteiger partial charge < -0.3 is 20.7 Å². The van der Waals surface area contributed by atoms with E-state index in [0.29, 0.717) is 31.7 Å². The standard InChI is InChI=1S/C13H24N4O2/c1-2-19-13(18)17-7-5-11(6-8-17)16-12(14)15-9-10-3-4-10/h10-11H,2-9H2,1H3,(H3,14,15,16). The number of guanidine groups is 1. The third-order valence-corrected chi connectivity index (χ3v) is 3.59. The molecule has 0 radical (unpaired) electrons. The maximum absolute atomic E-state index is 11.5. The van der Waals surface area contributed by atoms with E-state index in [1.165, 1.54) is 12.8 Å². The van der Waals surface area contributed by atoms with E-state index in [-0.39, 0.29) is 6.09 Å².